The zero-order chi connectivity index (χ0) is 22.9. The standard InChI is InChI=1S/C26H27N3O4/c1-15(30)28-25-21-13-22(25)24(21)26(31)29-19-4-2-3-16(12-19)17-5-6-23(18(11-17)14-27)33-20-7-9-32-10-8-20/h2-6,11-12,20-22,24-25H,7-10,13H2,1H3,(H,28,30)(H,29,31). The van der Waals surface area contributed by atoms with Crippen molar-refractivity contribution in [3.05, 3.63) is 48.0 Å². The van der Waals surface area contributed by atoms with Crippen molar-refractivity contribution >= 4 is 17.5 Å². The van der Waals surface area contributed by atoms with Gasteiger partial charge in [-0.1, -0.05) is 18.2 Å². The summed E-state index contributed by atoms with van der Waals surface area (Å²) in [6.45, 7) is 2.87. The molecule has 2 amide bonds. The molecule has 2 bridgehead atoms. The highest BCUT2D eigenvalue weighted by Crippen LogP contribution is 2.58. The zero-order valence-electron chi connectivity index (χ0n) is 18.5. The molecule has 170 valence electrons. The SMILES string of the molecule is CC(=O)NC1C2CC1C2C(=O)Nc1cccc(-c2ccc(OC3CCOCC3)c(C#N)c2)c1. The Balaban J connectivity index is 1.26. The van der Waals surface area contributed by atoms with E-state index in [0.29, 0.717) is 24.5 Å². The highest BCUT2D eigenvalue weighted by molar-refractivity contribution is 5.95. The third kappa shape index (κ3) is 4.19. The predicted molar refractivity (Wildman–Crippen MR) is 122 cm³/mol. The second-order valence-electron chi connectivity index (χ2n) is 9.14. The molecule has 0 radical (unpaired) electrons. The summed E-state index contributed by atoms with van der Waals surface area (Å²) < 4.78 is 11.4. The van der Waals surface area contributed by atoms with Gasteiger partial charge < -0.3 is 20.1 Å². The molecule has 2 atom stereocenters. The average molecular weight is 446 g/mol. The topological polar surface area (TPSA) is 100 Å². The predicted octanol–water partition coefficient (Wildman–Crippen LogP) is 3.49. The zero-order valence-corrected chi connectivity index (χ0v) is 18.5. The van der Waals surface area contributed by atoms with Gasteiger partial charge in [0.1, 0.15) is 17.9 Å². The van der Waals surface area contributed by atoms with Crippen LogP contribution in [0.3, 0.4) is 0 Å². The van der Waals surface area contributed by atoms with Gasteiger partial charge in [0.05, 0.1) is 18.8 Å². The van der Waals surface area contributed by atoms with Crippen LogP contribution in [0.5, 0.6) is 5.75 Å². The van der Waals surface area contributed by atoms with Crippen molar-refractivity contribution in [2.24, 2.45) is 17.8 Å². The minimum Gasteiger partial charge on any atom is -0.489 e. The molecule has 3 saturated carbocycles. The van der Waals surface area contributed by atoms with Gasteiger partial charge >= 0.3 is 0 Å². The summed E-state index contributed by atoms with van der Waals surface area (Å²) in [5.74, 6) is 1.01. The number of benzene rings is 2. The van der Waals surface area contributed by atoms with Gasteiger partial charge in [-0.05, 0) is 53.6 Å². The second-order valence-corrected chi connectivity index (χ2v) is 9.14. The normalized spacial score (nSPS) is 25.7. The van der Waals surface area contributed by atoms with Gasteiger partial charge in [-0.2, -0.15) is 5.26 Å². The summed E-state index contributed by atoms with van der Waals surface area (Å²) in [5.41, 5.74) is 3.02. The fraction of sp³-hybridized carbons (Fsp3) is 0.423. The Morgan fingerprint density at radius 2 is 1.85 bits per heavy atom. The molecule has 4 aliphatic rings. The van der Waals surface area contributed by atoms with E-state index < -0.39 is 0 Å². The molecule has 1 aliphatic heterocycles. The number of hydrogen-bond acceptors (Lipinski definition) is 5. The van der Waals surface area contributed by atoms with Crippen molar-refractivity contribution in [1.82, 2.24) is 5.32 Å². The molecule has 2 N–H and O–H groups in total. The number of amides is 2. The van der Waals surface area contributed by atoms with Gasteiger partial charge in [-0.15, -0.1) is 0 Å². The summed E-state index contributed by atoms with van der Waals surface area (Å²) in [4.78, 5) is 24.0. The van der Waals surface area contributed by atoms with E-state index in [1.165, 1.54) is 6.92 Å². The Bertz CT molecular complexity index is 1110. The number of carbonyl (C=O) groups excluding carboxylic acids is 2. The molecule has 1 saturated heterocycles. The molecule has 0 spiro atoms. The minimum absolute atomic E-state index is 0.00734. The Kier molecular flexibility index (Phi) is 5.77. The molecule has 6 rings (SSSR count). The van der Waals surface area contributed by atoms with E-state index in [-0.39, 0.29) is 41.7 Å². The van der Waals surface area contributed by atoms with Crippen LogP contribution in [-0.2, 0) is 14.3 Å². The van der Waals surface area contributed by atoms with Gasteiger partial charge in [0.15, 0.2) is 0 Å². The summed E-state index contributed by atoms with van der Waals surface area (Å²) in [7, 11) is 0. The smallest absolute Gasteiger partial charge is 0.228 e. The van der Waals surface area contributed by atoms with Crippen LogP contribution in [-0.4, -0.2) is 37.2 Å². The van der Waals surface area contributed by atoms with Crippen LogP contribution in [0, 0.1) is 29.1 Å². The van der Waals surface area contributed by atoms with E-state index in [1.807, 2.05) is 42.5 Å². The Hall–Kier alpha value is -3.37. The van der Waals surface area contributed by atoms with Crippen LogP contribution in [0.15, 0.2) is 42.5 Å². The summed E-state index contributed by atoms with van der Waals surface area (Å²) in [5, 5.41) is 15.6. The lowest BCUT2D eigenvalue weighted by molar-refractivity contribution is -0.163. The molecule has 2 aromatic carbocycles. The lowest BCUT2D eigenvalue weighted by atomic mass is 9.44. The van der Waals surface area contributed by atoms with Gasteiger partial charge in [0.25, 0.3) is 0 Å². The summed E-state index contributed by atoms with van der Waals surface area (Å²) in [6, 6.07) is 15.6. The lowest BCUT2D eigenvalue weighted by Gasteiger charge is -2.63. The van der Waals surface area contributed by atoms with Gasteiger partial charge in [0.2, 0.25) is 11.8 Å². The average Bonchev–Trinajstić information content (AvgIpc) is 2.77. The van der Waals surface area contributed by atoms with Crippen molar-refractivity contribution in [1.29, 1.82) is 5.26 Å². The number of nitrogens with zero attached hydrogens (tertiary/aromatic N) is 1. The Labute approximate surface area is 193 Å². The van der Waals surface area contributed by atoms with Gasteiger partial charge in [0, 0.05) is 37.4 Å². The van der Waals surface area contributed by atoms with E-state index in [4.69, 9.17) is 9.47 Å². The Morgan fingerprint density at radius 3 is 2.55 bits per heavy atom. The molecular weight excluding hydrogens is 418 g/mol. The molecule has 33 heavy (non-hydrogen) atoms. The van der Waals surface area contributed by atoms with Crippen molar-refractivity contribution in [2.75, 3.05) is 18.5 Å². The second kappa shape index (κ2) is 8.87. The van der Waals surface area contributed by atoms with Crippen LogP contribution in [0.4, 0.5) is 5.69 Å². The quantitative estimate of drug-likeness (QED) is 0.709. The third-order valence-electron chi connectivity index (χ3n) is 7.09. The molecule has 0 aromatic heterocycles. The van der Waals surface area contributed by atoms with Crippen LogP contribution in [0.25, 0.3) is 11.1 Å². The minimum atomic E-state index is -0.0397. The van der Waals surface area contributed by atoms with Crippen LogP contribution < -0.4 is 15.4 Å². The Morgan fingerprint density at radius 1 is 1.09 bits per heavy atom. The number of anilines is 1. The first kappa shape index (κ1) is 21.5. The number of hydrogen-bond donors (Lipinski definition) is 2. The largest absolute Gasteiger partial charge is 0.489 e. The summed E-state index contributed by atoms with van der Waals surface area (Å²) in [6.07, 6.45) is 2.71. The molecule has 7 nitrogen and oxygen atoms in total. The van der Waals surface area contributed by atoms with Gasteiger partial charge in [-0.25, -0.2) is 0 Å². The van der Waals surface area contributed by atoms with E-state index >= 15 is 0 Å². The van der Waals surface area contributed by atoms with Crippen molar-refractivity contribution in [3.8, 4) is 22.9 Å². The van der Waals surface area contributed by atoms with E-state index in [2.05, 4.69) is 16.7 Å². The molecular formula is C26H27N3O4. The van der Waals surface area contributed by atoms with E-state index in [9.17, 15) is 14.9 Å². The number of ether oxygens (including phenoxy) is 2. The third-order valence-corrected chi connectivity index (χ3v) is 7.09. The maximum absolute atomic E-state index is 12.8. The first-order chi connectivity index (χ1) is 16.0. The van der Waals surface area contributed by atoms with Crippen molar-refractivity contribution < 1.29 is 19.1 Å². The highest BCUT2D eigenvalue weighted by atomic mass is 16.5. The highest BCUT2D eigenvalue weighted by Gasteiger charge is 2.64. The number of nitrogens with one attached hydrogen (secondary N) is 2. The molecule has 2 unspecified atom stereocenters. The van der Waals surface area contributed by atoms with Gasteiger partial charge in [-0.3, -0.25) is 9.59 Å². The fourth-order valence-corrected chi connectivity index (χ4v) is 5.16. The maximum atomic E-state index is 12.8. The van der Waals surface area contributed by atoms with E-state index in [1.54, 1.807) is 0 Å². The van der Waals surface area contributed by atoms with Crippen molar-refractivity contribution in [2.45, 2.75) is 38.3 Å². The molecule has 7 heteroatoms. The van der Waals surface area contributed by atoms with Crippen LogP contribution >= 0.6 is 0 Å². The van der Waals surface area contributed by atoms with E-state index in [0.717, 1.165) is 36.1 Å². The number of carbonyl (C=O) groups is 2. The molecule has 3 aliphatic carbocycles. The lowest BCUT2D eigenvalue weighted by Crippen LogP contribution is -2.72. The first-order valence-corrected chi connectivity index (χ1v) is 11.5. The molecule has 2 aromatic rings. The number of rotatable bonds is 6. The maximum Gasteiger partial charge on any atom is 0.228 e. The molecule has 4 fully saturated rings. The number of nitriles is 1. The monoisotopic (exact) mass is 445 g/mol. The molecule has 1 heterocycles. The van der Waals surface area contributed by atoms with Crippen LogP contribution in [0.1, 0.15) is 31.7 Å². The van der Waals surface area contributed by atoms with Crippen molar-refractivity contribution in [3.63, 3.8) is 0 Å². The van der Waals surface area contributed by atoms with Crippen LogP contribution in [0.2, 0.25) is 0 Å². The summed E-state index contributed by atoms with van der Waals surface area (Å²) >= 11 is 0. The fourth-order valence-electron chi connectivity index (χ4n) is 5.16. The first-order valence-electron chi connectivity index (χ1n) is 11.5.